The monoisotopic (exact) mass is 412 g/mol. The van der Waals surface area contributed by atoms with Crippen LogP contribution in [-0.4, -0.2) is 0 Å². The smallest absolute Gasteiger partial charge is 0.214 e. The van der Waals surface area contributed by atoms with Crippen LogP contribution in [0.5, 0.6) is 0 Å². The van der Waals surface area contributed by atoms with Crippen LogP contribution >= 0.6 is 0 Å². The van der Waals surface area contributed by atoms with Crippen LogP contribution in [0.1, 0.15) is 22.3 Å². The third-order valence-electron chi connectivity index (χ3n) is 3.79. The van der Waals surface area contributed by atoms with Gasteiger partial charge in [0, 0.05) is 0 Å². The molecular formula is C23H24Fe2. The molecule has 4 aromatic carbocycles. The molecule has 0 radical (unpaired) electrons. The molecule has 0 aliphatic rings. The number of hydrogen-bond acceptors (Lipinski definition) is 0. The number of rotatable bonds is 2. The molecule has 132 valence electrons. The molecule has 4 aromatic rings. The second-order valence-electron chi connectivity index (χ2n) is 5.57. The van der Waals surface area contributed by atoms with E-state index in [2.05, 4.69) is 50.2 Å². The van der Waals surface area contributed by atoms with E-state index >= 15 is 0 Å². The summed E-state index contributed by atoms with van der Waals surface area (Å²) in [6.45, 7) is 4.35. The van der Waals surface area contributed by atoms with Gasteiger partial charge in [-0.25, -0.2) is 48.5 Å². The average molecular weight is 412 g/mol. The first-order valence-electron chi connectivity index (χ1n) is 8.03. The molecule has 0 saturated heterocycles. The van der Waals surface area contributed by atoms with Crippen LogP contribution in [-0.2, 0) is 40.6 Å². The predicted molar refractivity (Wildman–Crippen MR) is 100 cm³/mol. The van der Waals surface area contributed by atoms with Gasteiger partial charge in [-0.1, -0.05) is 20.3 Å². The molecule has 0 fully saturated rings. The summed E-state index contributed by atoms with van der Waals surface area (Å²) >= 11 is 0. The van der Waals surface area contributed by atoms with Crippen molar-refractivity contribution in [3.05, 3.63) is 119 Å². The van der Waals surface area contributed by atoms with Crippen molar-refractivity contribution in [3.63, 3.8) is 0 Å². The largest absolute Gasteiger partial charge is 2.00 e. The summed E-state index contributed by atoms with van der Waals surface area (Å²) in [4.78, 5) is 0. The van der Waals surface area contributed by atoms with Gasteiger partial charge in [-0.3, -0.25) is 0 Å². The maximum absolute atomic E-state index is 2.21. The molecule has 0 spiro atoms. The van der Waals surface area contributed by atoms with Crippen LogP contribution in [0.15, 0.2) is 97.1 Å². The van der Waals surface area contributed by atoms with E-state index < -0.39 is 0 Å². The Bertz CT molecular complexity index is 626. The van der Waals surface area contributed by atoms with Gasteiger partial charge in [0.05, 0.1) is 0 Å². The van der Waals surface area contributed by atoms with Crippen molar-refractivity contribution in [2.45, 2.75) is 20.3 Å². The Labute approximate surface area is 173 Å². The van der Waals surface area contributed by atoms with Crippen LogP contribution in [0.2, 0.25) is 0 Å². The molecular weight excluding hydrogens is 388 g/mol. The standard InChI is InChI=1S/C13H14.2C5H5.2Fe/c1-10-5-3-7-12(10)9-13-8-4-6-11(13)2;2*1-2-4-5-3-1;;/h3-8H,9H2,1-2H3;2*1-5H;;/q-2;2*-1;2*+2. The van der Waals surface area contributed by atoms with E-state index in [1.54, 1.807) is 0 Å². The normalized spacial score (nSPS) is 8.72. The summed E-state index contributed by atoms with van der Waals surface area (Å²) in [5, 5.41) is 0. The van der Waals surface area contributed by atoms with Crippen molar-refractivity contribution in [3.8, 4) is 0 Å². The van der Waals surface area contributed by atoms with Gasteiger partial charge in [-0.15, -0.1) is 0 Å². The van der Waals surface area contributed by atoms with Gasteiger partial charge < -0.3 is 0 Å². The fraction of sp³-hybridized carbons (Fsp3) is 0.130. The molecule has 0 saturated carbocycles. The molecule has 0 aromatic heterocycles. The topological polar surface area (TPSA) is 0 Å². The summed E-state index contributed by atoms with van der Waals surface area (Å²) in [5.74, 6) is 0. The van der Waals surface area contributed by atoms with E-state index in [1.807, 2.05) is 60.7 Å². The molecule has 0 amide bonds. The maximum atomic E-state index is 2.21. The zero-order valence-corrected chi connectivity index (χ0v) is 16.9. The molecule has 0 aliphatic heterocycles. The van der Waals surface area contributed by atoms with Gasteiger partial charge in [0.15, 0.2) is 0 Å². The van der Waals surface area contributed by atoms with Crippen molar-refractivity contribution in [1.29, 1.82) is 0 Å². The molecule has 0 bridgehead atoms. The van der Waals surface area contributed by atoms with E-state index in [0.717, 1.165) is 6.42 Å². The van der Waals surface area contributed by atoms with Gasteiger partial charge in [0.1, 0.15) is 0 Å². The molecule has 0 unspecified atom stereocenters. The second-order valence-corrected chi connectivity index (χ2v) is 5.57. The van der Waals surface area contributed by atoms with Gasteiger partial charge in [-0.05, 0) is 0 Å². The fourth-order valence-electron chi connectivity index (χ4n) is 2.34. The molecule has 25 heavy (non-hydrogen) atoms. The zero-order valence-electron chi connectivity index (χ0n) is 14.7. The molecule has 0 heterocycles. The van der Waals surface area contributed by atoms with Crippen LogP contribution in [0, 0.1) is 13.8 Å². The molecule has 2 heteroatoms. The third-order valence-corrected chi connectivity index (χ3v) is 3.79. The predicted octanol–water partition coefficient (Wildman–Crippen LogP) is 6.14. The Morgan fingerprint density at radius 1 is 0.640 bits per heavy atom. The van der Waals surface area contributed by atoms with E-state index in [9.17, 15) is 0 Å². The SMILES string of the molecule is Cc1ccc[c-]1C[c-]1cccc1C.[Fe+2].[Fe+2].c1cc[cH-]c1.c1cc[cH-]c1. The van der Waals surface area contributed by atoms with E-state index in [4.69, 9.17) is 0 Å². The van der Waals surface area contributed by atoms with Gasteiger partial charge in [0.2, 0.25) is 0 Å². The minimum absolute atomic E-state index is 0. The number of aryl methyl sites for hydroxylation is 2. The van der Waals surface area contributed by atoms with E-state index in [-0.39, 0.29) is 34.1 Å². The Hall–Kier alpha value is -1.56. The van der Waals surface area contributed by atoms with E-state index in [1.165, 1.54) is 22.3 Å². The zero-order chi connectivity index (χ0) is 16.3. The summed E-state index contributed by atoms with van der Waals surface area (Å²) in [5.41, 5.74) is 5.71. The minimum atomic E-state index is 0. The number of hydrogen-bond donors (Lipinski definition) is 0. The van der Waals surface area contributed by atoms with Crippen molar-refractivity contribution >= 4 is 0 Å². The van der Waals surface area contributed by atoms with Crippen molar-refractivity contribution < 1.29 is 34.1 Å². The van der Waals surface area contributed by atoms with Crippen molar-refractivity contribution in [1.82, 2.24) is 0 Å². The molecule has 0 atom stereocenters. The van der Waals surface area contributed by atoms with Crippen LogP contribution in [0.3, 0.4) is 0 Å². The second kappa shape index (κ2) is 13.7. The molecule has 0 N–H and O–H groups in total. The quantitative estimate of drug-likeness (QED) is 0.274. The average Bonchev–Trinajstić information content (AvgIpc) is 3.31. The summed E-state index contributed by atoms with van der Waals surface area (Å²) in [6, 6.07) is 33.0. The Morgan fingerprint density at radius 2 is 1.00 bits per heavy atom. The minimum Gasteiger partial charge on any atom is -0.214 e. The van der Waals surface area contributed by atoms with Crippen molar-refractivity contribution in [2.24, 2.45) is 0 Å². The van der Waals surface area contributed by atoms with Gasteiger partial charge in [-0.2, -0.15) is 70.8 Å². The Balaban J connectivity index is 0.000000400. The first-order chi connectivity index (χ1) is 11.3. The third kappa shape index (κ3) is 8.91. The Morgan fingerprint density at radius 3 is 1.20 bits per heavy atom. The molecule has 4 rings (SSSR count). The van der Waals surface area contributed by atoms with Crippen LogP contribution in [0.4, 0.5) is 0 Å². The summed E-state index contributed by atoms with van der Waals surface area (Å²) in [7, 11) is 0. The Kier molecular flexibility index (Phi) is 12.8. The van der Waals surface area contributed by atoms with Crippen LogP contribution < -0.4 is 0 Å². The van der Waals surface area contributed by atoms with Gasteiger partial charge >= 0.3 is 34.1 Å². The van der Waals surface area contributed by atoms with Gasteiger partial charge in [0.25, 0.3) is 0 Å². The first-order valence-corrected chi connectivity index (χ1v) is 8.03. The fourth-order valence-corrected chi connectivity index (χ4v) is 2.34. The summed E-state index contributed by atoms with van der Waals surface area (Å²) < 4.78 is 0. The van der Waals surface area contributed by atoms with Crippen LogP contribution in [0.25, 0.3) is 0 Å². The maximum Gasteiger partial charge on any atom is 2.00 e. The van der Waals surface area contributed by atoms with E-state index in [0.29, 0.717) is 0 Å². The molecule has 0 nitrogen and oxygen atoms in total. The summed E-state index contributed by atoms with van der Waals surface area (Å²) in [6.07, 6.45) is 1.08. The first kappa shape index (κ1) is 23.4. The molecule has 0 aliphatic carbocycles. The van der Waals surface area contributed by atoms with Crippen molar-refractivity contribution in [2.75, 3.05) is 0 Å².